The van der Waals surface area contributed by atoms with E-state index in [-0.39, 0.29) is 33.9 Å². The summed E-state index contributed by atoms with van der Waals surface area (Å²) < 4.78 is 29.9. The minimum absolute atomic E-state index is 0.0791. The molecule has 1 aliphatic heterocycles. The Hall–Kier alpha value is -3.52. The van der Waals surface area contributed by atoms with Crippen molar-refractivity contribution in [2.24, 2.45) is 0 Å². The van der Waals surface area contributed by atoms with E-state index in [2.05, 4.69) is 15.4 Å². The molecule has 0 bridgehead atoms. The zero-order valence-corrected chi connectivity index (χ0v) is 15.3. The molecule has 5 rings (SSSR count). The van der Waals surface area contributed by atoms with Crippen molar-refractivity contribution in [1.29, 1.82) is 0 Å². The van der Waals surface area contributed by atoms with Gasteiger partial charge in [-0.3, -0.25) is 9.59 Å². The van der Waals surface area contributed by atoms with Gasteiger partial charge < -0.3 is 10.3 Å². The number of hydrogen-bond donors (Lipinski definition) is 2. The number of benzene rings is 2. The highest BCUT2D eigenvalue weighted by atomic mass is 35.5. The predicted octanol–water partition coefficient (Wildman–Crippen LogP) is 3.81. The highest BCUT2D eigenvalue weighted by Gasteiger charge is 2.24. The number of nitrogens with zero attached hydrogens (tertiary/aromatic N) is 2. The maximum atomic E-state index is 14.5. The van der Waals surface area contributed by atoms with Crippen LogP contribution in [0, 0.1) is 11.6 Å². The van der Waals surface area contributed by atoms with Gasteiger partial charge in [0.15, 0.2) is 11.6 Å². The zero-order chi connectivity index (χ0) is 20.3. The standard InChI is InChI=1S/C20H11ClF2N4O2/c21-11-8-24-20(29)16-17(10-5-4-9-7-15(28)25-14(9)6-10)26-27(18(11)16)19-12(22)2-1-3-13(19)23/h1-6,8H,7H2,(H,24,29)(H,25,28). The van der Waals surface area contributed by atoms with Crippen molar-refractivity contribution in [1.82, 2.24) is 14.8 Å². The lowest BCUT2D eigenvalue weighted by Gasteiger charge is -2.07. The van der Waals surface area contributed by atoms with Crippen LogP contribution in [0.4, 0.5) is 14.5 Å². The van der Waals surface area contributed by atoms with Gasteiger partial charge in [0, 0.05) is 17.4 Å². The highest BCUT2D eigenvalue weighted by Crippen LogP contribution is 2.35. The first-order valence-electron chi connectivity index (χ1n) is 8.61. The van der Waals surface area contributed by atoms with E-state index >= 15 is 0 Å². The number of anilines is 1. The van der Waals surface area contributed by atoms with Gasteiger partial charge in [-0.05, 0) is 23.8 Å². The predicted molar refractivity (Wildman–Crippen MR) is 104 cm³/mol. The number of fused-ring (bicyclic) bond motifs is 2. The number of pyridine rings is 1. The average molecular weight is 413 g/mol. The fourth-order valence-corrected chi connectivity index (χ4v) is 3.77. The van der Waals surface area contributed by atoms with E-state index in [1.165, 1.54) is 12.3 Å². The molecule has 2 N–H and O–H groups in total. The van der Waals surface area contributed by atoms with Crippen LogP contribution in [0.5, 0.6) is 0 Å². The maximum Gasteiger partial charge on any atom is 0.259 e. The number of aromatic amines is 1. The number of carbonyl (C=O) groups excluding carboxylic acids is 1. The van der Waals surface area contributed by atoms with Crippen LogP contribution >= 0.6 is 11.6 Å². The lowest BCUT2D eigenvalue weighted by Crippen LogP contribution is -2.07. The van der Waals surface area contributed by atoms with Crippen molar-refractivity contribution in [2.45, 2.75) is 6.42 Å². The molecule has 0 fully saturated rings. The Kier molecular flexibility index (Phi) is 3.78. The van der Waals surface area contributed by atoms with Crippen LogP contribution in [0.3, 0.4) is 0 Å². The fraction of sp³-hybridized carbons (Fsp3) is 0.0500. The summed E-state index contributed by atoms with van der Waals surface area (Å²) in [6.45, 7) is 0. The van der Waals surface area contributed by atoms with Gasteiger partial charge in [0.05, 0.1) is 16.8 Å². The monoisotopic (exact) mass is 412 g/mol. The number of H-pyrrole nitrogens is 1. The van der Waals surface area contributed by atoms with Crippen LogP contribution < -0.4 is 10.9 Å². The van der Waals surface area contributed by atoms with Gasteiger partial charge >= 0.3 is 0 Å². The molecule has 0 saturated heterocycles. The Bertz CT molecular complexity index is 1370. The molecule has 0 atom stereocenters. The summed E-state index contributed by atoms with van der Waals surface area (Å²) in [6, 6.07) is 8.54. The van der Waals surface area contributed by atoms with Gasteiger partial charge in [0.2, 0.25) is 5.91 Å². The Morgan fingerprint density at radius 1 is 1.10 bits per heavy atom. The van der Waals surface area contributed by atoms with Crippen LogP contribution in [-0.4, -0.2) is 20.7 Å². The Morgan fingerprint density at radius 2 is 1.86 bits per heavy atom. The third kappa shape index (κ3) is 2.64. The number of amides is 1. The fourth-order valence-electron chi connectivity index (χ4n) is 3.54. The number of halogens is 3. The zero-order valence-electron chi connectivity index (χ0n) is 14.6. The van der Waals surface area contributed by atoms with E-state index in [0.29, 0.717) is 11.3 Å². The summed E-state index contributed by atoms with van der Waals surface area (Å²) in [6.07, 6.45) is 1.51. The molecule has 2 aromatic heterocycles. The van der Waals surface area contributed by atoms with Crippen LogP contribution in [0.15, 0.2) is 47.4 Å². The first-order valence-corrected chi connectivity index (χ1v) is 8.99. The molecule has 2 aromatic carbocycles. The summed E-state index contributed by atoms with van der Waals surface area (Å²) >= 11 is 6.27. The summed E-state index contributed by atoms with van der Waals surface area (Å²) in [5, 5.41) is 7.24. The van der Waals surface area contributed by atoms with Gasteiger partial charge in [-0.2, -0.15) is 5.10 Å². The SMILES string of the molecule is O=C1Cc2ccc(-c3nn(-c4c(F)cccc4F)c4c(Cl)c[nH]c(=O)c34)cc2N1. The number of nitrogens with one attached hydrogen (secondary N) is 2. The molecule has 1 amide bonds. The van der Waals surface area contributed by atoms with E-state index in [1.54, 1.807) is 18.2 Å². The quantitative estimate of drug-likeness (QED) is 0.525. The smallest absolute Gasteiger partial charge is 0.259 e. The van der Waals surface area contributed by atoms with E-state index in [9.17, 15) is 18.4 Å². The summed E-state index contributed by atoms with van der Waals surface area (Å²) in [4.78, 5) is 26.7. The molecular weight excluding hydrogens is 402 g/mol. The molecule has 6 nitrogen and oxygen atoms in total. The molecule has 0 spiro atoms. The first kappa shape index (κ1) is 17.6. The van der Waals surface area contributed by atoms with E-state index < -0.39 is 22.9 Å². The second kappa shape index (κ2) is 6.25. The third-order valence-corrected chi connectivity index (χ3v) is 5.11. The van der Waals surface area contributed by atoms with Gasteiger partial charge in [0.1, 0.15) is 16.9 Å². The van der Waals surface area contributed by atoms with Crippen LogP contribution in [0.25, 0.3) is 27.8 Å². The van der Waals surface area contributed by atoms with Gasteiger partial charge in [-0.25, -0.2) is 13.5 Å². The van der Waals surface area contributed by atoms with E-state index in [1.807, 2.05) is 0 Å². The number of aromatic nitrogens is 3. The number of rotatable bonds is 2. The molecule has 29 heavy (non-hydrogen) atoms. The molecule has 0 unspecified atom stereocenters. The summed E-state index contributed by atoms with van der Waals surface area (Å²) in [5.74, 6) is -1.83. The second-order valence-electron chi connectivity index (χ2n) is 6.62. The van der Waals surface area contributed by atoms with E-state index in [0.717, 1.165) is 22.4 Å². The van der Waals surface area contributed by atoms with Crippen molar-refractivity contribution < 1.29 is 13.6 Å². The second-order valence-corrected chi connectivity index (χ2v) is 7.02. The Morgan fingerprint density at radius 3 is 2.62 bits per heavy atom. The van der Waals surface area contributed by atoms with Crippen molar-refractivity contribution in [3.8, 4) is 16.9 Å². The molecule has 9 heteroatoms. The number of carbonyl (C=O) groups is 1. The van der Waals surface area contributed by atoms with Crippen molar-refractivity contribution in [2.75, 3.05) is 5.32 Å². The van der Waals surface area contributed by atoms with Crippen LogP contribution in [-0.2, 0) is 11.2 Å². The minimum atomic E-state index is -0.849. The molecule has 1 aliphatic rings. The highest BCUT2D eigenvalue weighted by molar-refractivity contribution is 6.35. The molecule has 0 saturated carbocycles. The van der Waals surface area contributed by atoms with Crippen molar-refractivity contribution in [3.63, 3.8) is 0 Å². The van der Waals surface area contributed by atoms with Gasteiger partial charge in [0.25, 0.3) is 5.56 Å². The summed E-state index contributed by atoms with van der Waals surface area (Å²) in [5.41, 5.74) is 1.24. The summed E-state index contributed by atoms with van der Waals surface area (Å²) in [7, 11) is 0. The minimum Gasteiger partial charge on any atom is -0.327 e. The molecule has 4 aromatic rings. The third-order valence-electron chi connectivity index (χ3n) is 4.83. The molecular formula is C20H11ClF2N4O2. The van der Waals surface area contributed by atoms with Crippen molar-refractivity contribution in [3.05, 3.63) is 75.2 Å². The van der Waals surface area contributed by atoms with Crippen molar-refractivity contribution >= 4 is 34.1 Å². The largest absolute Gasteiger partial charge is 0.327 e. The van der Waals surface area contributed by atoms with Crippen LogP contribution in [0.1, 0.15) is 5.56 Å². The molecule has 144 valence electrons. The lowest BCUT2D eigenvalue weighted by molar-refractivity contribution is -0.115. The lowest BCUT2D eigenvalue weighted by atomic mass is 10.0. The van der Waals surface area contributed by atoms with Gasteiger partial charge in [-0.1, -0.05) is 29.8 Å². The van der Waals surface area contributed by atoms with Gasteiger partial charge in [-0.15, -0.1) is 0 Å². The normalized spacial score (nSPS) is 13.0. The first-order chi connectivity index (χ1) is 13.9. The number of hydrogen-bond acceptors (Lipinski definition) is 3. The number of para-hydroxylation sites is 1. The molecule has 0 radical (unpaired) electrons. The topological polar surface area (TPSA) is 79.8 Å². The molecule has 0 aliphatic carbocycles. The average Bonchev–Trinajstić information content (AvgIpc) is 3.25. The Balaban J connectivity index is 1.85. The Labute approximate surface area is 166 Å². The molecule has 3 heterocycles. The van der Waals surface area contributed by atoms with Crippen LogP contribution in [0.2, 0.25) is 5.02 Å². The maximum absolute atomic E-state index is 14.5. The van der Waals surface area contributed by atoms with E-state index in [4.69, 9.17) is 11.6 Å².